The van der Waals surface area contributed by atoms with Gasteiger partial charge in [-0.05, 0) is 37.1 Å². The molecule has 0 fully saturated rings. The first-order valence-corrected chi connectivity index (χ1v) is 7.12. The van der Waals surface area contributed by atoms with E-state index < -0.39 is 5.82 Å². The molecule has 0 aliphatic heterocycles. The number of benzene rings is 2. The van der Waals surface area contributed by atoms with E-state index in [4.69, 9.17) is 23.2 Å². The van der Waals surface area contributed by atoms with Crippen molar-refractivity contribution in [1.29, 1.82) is 0 Å². The zero-order valence-corrected chi connectivity index (χ0v) is 12.9. The van der Waals surface area contributed by atoms with Crippen molar-refractivity contribution in [2.45, 2.75) is 13.8 Å². The molecule has 2 nitrogen and oxygen atoms in total. The first-order chi connectivity index (χ1) is 9.99. The van der Waals surface area contributed by atoms with E-state index in [1.807, 2.05) is 19.9 Å². The minimum Gasteiger partial charge on any atom is -0.225 e. The average molecular weight is 321 g/mol. The summed E-state index contributed by atoms with van der Waals surface area (Å²) >= 11 is 12.3. The number of fused-ring (bicyclic) bond motifs is 1. The van der Waals surface area contributed by atoms with Gasteiger partial charge in [0.15, 0.2) is 5.82 Å². The van der Waals surface area contributed by atoms with Crippen LogP contribution in [0.2, 0.25) is 10.2 Å². The van der Waals surface area contributed by atoms with E-state index >= 15 is 0 Å². The van der Waals surface area contributed by atoms with Gasteiger partial charge in [-0.2, -0.15) is 0 Å². The third-order valence-corrected chi connectivity index (χ3v) is 4.16. The fraction of sp³-hybridized carbons (Fsp3) is 0.125. The molecule has 3 aromatic rings. The van der Waals surface area contributed by atoms with Crippen LogP contribution >= 0.6 is 23.2 Å². The van der Waals surface area contributed by atoms with Crippen LogP contribution in [0.4, 0.5) is 4.39 Å². The molecule has 1 aromatic heterocycles. The lowest BCUT2D eigenvalue weighted by Crippen LogP contribution is -1.97. The van der Waals surface area contributed by atoms with Crippen molar-refractivity contribution in [1.82, 2.24) is 9.97 Å². The van der Waals surface area contributed by atoms with Crippen LogP contribution in [0.3, 0.4) is 0 Å². The number of rotatable bonds is 1. The van der Waals surface area contributed by atoms with Gasteiger partial charge in [-0.3, -0.25) is 0 Å². The maximum atomic E-state index is 14.0. The predicted octanol–water partition coefficient (Wildman–Crippen LogP) is 5.36. The van der Waals surface area contributed by atoms with Crippen LogP contribution in [0.15, 0.2) is 30.3 Å². The fourth-order valence-electron chi connectivity index (χ4n) is 2.29. The Kier molecular flexibility index (Phi) is 3.56. The van der Waals surface area contributed by atoms with Gasteiger partial charge in [0.05, 0.1) is 0 Å². The highest BCUT2D eigenvalue weighted by atomic mass is 35.5. The molecule has 2 aromatic carbocycles. The summed E-state index contributed by atoms with van der Waals surface area (Å²) < 4.78 is 14.0. The number of hydrogen-bond donors (Lipinski definition) is 0. The van der Waals surface area contributed by atoms with E-state index in [-0.39, 0.29) is 10.7 Å². The van der Waals surface area contributed by atoms with Crippen LogP contribution in [0.1, 0.15) is 11.1 Å². The lowest BCUT2D eigenvalue weighted by Gasteiger charge is -2.10. The first kappa shape index (κ1) is 14.2. The third kappa shape index (κ3) is 2.37. The van der Waals surface area contributed by atoms with Gasteiger partial charge in [0.1, 0.15) is 16.5 Å². The topological polar surface area (TPSA) is 25.8 Å². The second kappa shape index (κ2) is 5.24. The van der Waals surface area contributed by atoms with E-state index in [2.05, 4.69) is 9.97 Å². The van der Waals surface area contributed by atoms with Gasteiger partial charge < -0.3 is 0 Å². The lowest BCUT2D eigenvalue weighted by molar-refractivity contribution is 0.636. The molecular weight excluding hydrogens is 310 g/mol. The molecule has 0 unspecified atom stereocenters. The fourth-order valence-corrected chi connectivity index (χ4v) is 2.78. The van der Waals surface area contributed by atoms with Crippen molar-refractivity contribution >= 4 is 34.1 Å². The van der Waals surface area contributed by atoms with E-state index in [1.54, 1.807) is 18.2 Å². The van der Waals surface area contributed by atoms with Gasteiger partial charge in [0, 0.05) is 16.0 Å². The Balaban J connectivity index is 2.36. The van der Waals surface area contributed by atoms with E-state index in [9.17, 15) is 4.39 Å². The molecular formula is C16H11Cl2FN2. The van der Waals surface area contributed by atoms with Gasteiger partial charge in [-0.25, -0.2) is 14.4 Å². The Hall–Kier alpha value is -1.71. The van der Waals surface area contributed by atoms with Crippen LogP contribution in [0, 0.1) is 19.7 Å². The van der Waals surface area contributed by atoms with Crippen molar-refractivity contribution in [3.8, 4) is 11.4 Å². The molecule has 0 spiro atoms. The van der Waals surface area contributed by atoms with Gasteiger partial charge in [0.25, 0.3) is 0 Å². The van der Waals surface area contributed by atoms with Crippen molar-refractivity contribution in [3.63, 3.8) is 0 Å². The van der Waals surface area contributed by atoms with Gasteiger partial charge >= 0.3 is 0 Å². The molecule has 5 heteroatoms. The minimum atomic E-state index is -0.416. The van der Waals surface area contributed by atoms with Gasteiger partial charge in [-0.15, -0.1) is 0 Å². The van der Waals surface area contributed by atoms with Crippen molar-refractivity contribution in [2.75, 3.05) is 0 Å². The smallest absolute Gasteiger partial charge is 0.161 e. The minimum absolute atomic E-state index is 0.226. The van der Waals surface area contributed by atoms with Crippen LogP contribution in [-0.4, -0.2) is 9.97 Å². The SMILES string of the molecule is Cc1c(Cl)cccc1-c1nc(Cl)c2c(C)ccc(F)c2n1. The van der Waals surface area contributed by atoms with E-state index in [0.29, 0.717) is 16.2 Å². The largest absolute Gasteiger partial charge is 0.225 e. The number of nitrogens with zero attached hydrogens (tertiary/aromatic N) is 2. The second-order valence-electron chi connectivity index (χ2n) is 4.84. The summed E-state index contributed by atoms with van der Waals surface area (Å²) in [5.41, 5.74) is 2.64. The van der Waals surface area contributed by atoms with Crippen molar-refractivity contribution < 1.29 is 4.39 Å². The summed E-state index contributed by atoms with van der Waals surface area (Å²) in [5, 5.41) is 1.39. The number of hydrogen-bond acceptors (Lipinski definition) is 2. The molecule has 1 heterocycles. The molecule has 106 valence electrons. The molecule has 0 N–H and O–H groups in total. The zero-order valence-electron chi connectivity index (χ0n) is 11.4. The molecule has 0 bridgehead atoms. The molecule has 0 aliphatic rings. The Labute approximate surface area is 131 Å². The normalized spacial score (nSPS) is 11.1. The monoisotopic (exact) mass is 320 g/mol. The highest BCUT2D eigenvalue weighted by Crippen LogP contribution is 2.31. The Morgan fingerprint density at radius 3 is 2.52 bits per heavy atom. The predicted molar refractivity (Wildman–Crippen MR) is 84.4 cm³/mol. The zero-order chi connectivity index (χ0) is 15.1. The highest BCUT2D eigenvalue weighted by molar-refractivity contribution is 6.34. The molecule has 0 radical (unpaired) electrons. The number of aromatic nitrogens is 2. The van der Waals surface area contributed by atoms with E-state index in [1.165, 1.54) is 6.07 Å². The summed E-state index contributed by atoms with van der Waals surface area (Å²) in [6, 6.07) is 8.48. The summed E-state index contributed by atoms with van der Waals surface area (Å²) in [4.78, 5) is 8.64. The molecule has 0 saturated carbocycles. The first-order valence-electron chi connectivity index (χ1n) is 6.37. The Morgan fingerprint density at radius 2 is 1.76 bits per heavy atom. The van der Waals surface area contributed by atoms with Crippen LogP contribution < -0.4 is 0 Å². The van der Waals surface area contributed by atoms with Crippen LogP contribution in [0.5, 0.6) is 0 Å². The number of halogens is 3. The maximum absolute atomic E-state index is 14.0. The second-order valence-corrected chi connectivity index (χ2v) is 5.60. The lowest BCUT2D eigenvalue weighted by atomic mass is 10.1. The van der Waals surface area contributed by atoms with Crippen molar-refractivity contribution in [2.24, 2.45) is 0 Å². The molecule has 0 atom stereocenters. The molecule has 0 amide bonds. The molecule has 0 saturated heterocycles. The molecule has 3 rings (SSSR count). The molecule has 0 aliphatic carbocycles. The summed E-state index contributed by atoms with van der Waals surface area (Å²) in [6.07, 6.45) is 0. The van der Waals surface area contributed by atoms with Crippen LogP contribution in [-0.2, 0) is 0 Å². The van der Waals surface area contributed by atoms with Gasteiger partial charge in [0.2, 0.25) is 0 Å². The summed E-state index contributed by atoms with van der Waals surface area (Å²) in [5.74, 6) is -0.0437. The molecule has 21 heavy (non-hydrogen) atoms. The quantitative estimate of drug-likeness (QED) is 0.564. The average Bonchev–Trinajstić information content (AvgIpc) is 2.45. The van der Waals surface area contributed by atoms with Gasteiger partial charge in [-0.1, -0.05) is 41.4 Å². The highest BCUT2D eigenvalue weighted by Gasteiger charge is 2.15. The Morgan fingerprint density at radius 1 is 1.00 bits per heavy atom. The summed E-state index contributed by atoms with van der Waals surface area (Å²) in [6.45, 7) is 3.72. The standard InChI is InChI=1S/C16H11Cl2FN2/c1-8-6-7-12(19)14-13(8)15(18)21-16(20-14)10-4-3-5-11(17)9(10)2/h3-7H,1-2H3. The van der Waals surface area contributed by atoms with E-state index in [0.717, 1.165) is 16.7 Å². The third-order valence-electron chi connectivity index (χ3n) is 3.47. The Bertz CT molecular complexity index is 863. The van der Waals surface area contributed by atoms with Crippen molar-refractivity contribution in [3.05, 3.63) is 57.5 Å². The maximum Gasteiger partial charge on any atom is 0.161 e. The number of aryl methyl sites for hydroxylation is 1. The summed E-state index contributed by atoms with van der Waals surface area (Å²) in [7, 11) is 0. The van der Waals surface area contributed by atoms with Crippen LogP contribution in [0.25, 0.3) is 22.3 Å².